The summed E-state index contributed by atoms with van der Waals surface area (Å²) in [5, 5.41) is 11.5. The molecule has 5 heteroatoms. The van der Waals surface area contributed by atoms with Crippen LogP contribution in [-0.4, -0.2) is 16.8 Å². The van der Waals surface area contributed by atoms with Crippen molar-refractivity contribution in [2.45, 2.75) is 18.6 Å². The number of carbonyl (C=O) groups excluding carboxylic acids is 2. The van der Waals surface area contributed by atoms with Crippen LogP contribution in [-0.2, 0) is 16.9 Å². The van der Waals surface area contributed by atoms with Gasteiger partial charge in [-0.1, -0.05) is 91.0 Å². The van der Waals surface area contributed by atoms with Gasteiger partial charge in [0, 0.05) is 16.7 Å². The molecule has 1 aliphatic heterocycles. The van der Waals surface area contributed by atoms with E-state index >= 15 is 0 Å². The second kappa shape index (κ2) is 8.69. The van der Waals surface area contributed by atoms with E-state index in [1.807, 2.05) is 42.5 Å². The summed E-state index contributed by atoms with van der Waals surface area (Å²) in [6.45, 7) is -0.0369. The van der Waals surface area contributed by atoms with Crippen molar-refractivity contribution in [1.82, 2.24) is 0 Å². The maximum Gasteiger partial charge on any atom is 0.264 e. The number of fused-ring (bicyclic) bond motifs is 1. The maximum absolute atomic E-state index is 14.3. The first kappa shape index (κ1) is 21.7. The lowest BCUT2D eigenvalue weighted by Crippen LogP contribution is -2.41. The molecule has 1 aliphatic rings. The molecule has 1 amide bonds. The SMILES string of the molecule is O=C(C[C@]1(O)C(=O)N(Cc2ccccc2F)c2ccccc21)c1ccc(-c2ccccc2)cc1. The quantitative estimate of drug-likeness (QED) is 0.394. The van der Waals surface area contributed by atoms with Crippen LogP contribution in [0.3, 0.4) is 0 Å². The van der Waals surface area contributed by atoms with Crippen molar-refractivity contribution in [2.24, 2.45) is 0 Å². The third kappa shape index (κ3) is 3.80. The predicted octanol–water partition coefficient (Wildman–Crippen LogP) is 5.50. The summed E-state index contributed by atoms with van der Waals surface area (Å²) in [5.74, 6) is -1.41. The monoisotopic (exact) mass is 451 g/mol. The van der Waals surface area contributed by atoms with Crippen LogP contribution in [0, 0.1) is 5.82 Å². The number of carbonyl (C=O) groups is 2. The smallest absolute Gasteiger partial charge is 0.264 e. The molecule has 4 aromatic carbocycles. The number of benzene rings is 4. The van der Waals surface area contributed by atoms with Crippen LogP contribution in [0.15, 0.2) is 103 Å². The second-order valence-corrected chi connectivity index (χ2v) is 8.40. The Balaban J connectivity index is 1.42. The van der Waals surface area contributed by atoms with Gasteiger partial charge >= 0.3 is 0 Å². The molecule has 0 radical (unpaired) electrons. The average Bonchev–Trinajstić information content (AvgIpc) is 3.08. The first-order chi connectivity index (χ1) is 16.5. The summed E-state index contributed by atoms with van der Waals surface area (Å²) < 4.78 is 14.3. The zero-order valence-electron chi connectivity index (χ0n) is 18.3. The molecule has 0 aromatic heterocycles. The predicted molar refractivity (Wildman–Crippen MR) is 129 cm³/mol. The number of hydrogen-bond donors (Lipinski definition) is 1. The minimum atomic E-state index is -2.02. The van der Waals surface area contributed by atoms with Gasteiger partial charge in [0.2, 0.25) is 0 Å². The molecular formula is C29H22FNO3. The number of nitrogens with zero attached hydrogens (tertiary/aromatic N) is 1. The minimum absolute atomic E-state index is 0.0369. The number of rotatable bonds is 6. The van der Waals surface area contributed by atoms with Crippen molar-refractivity contribution in [3.63, 3.8) is 0 Å². The van der Waals surface area contributed by atoms with Gasteiger partial charge < -0.3 is 10.0 Å². The van der Waals surface area contributed by atoms with Gasteiger partial charge in [-0.25, -0.2) is 4.39 Å². The fraction of sp³-hybridized carbons (Fsp3) is 0.103. The Morgan fingerprint density at radius 1 is 0.794 bits per heavy atom. The van der Waals surface area contributed by atoms with E-state index in [-0.39, 0.29) is 12.3 Å². The molecule has 34 heavy (non-hydrogen) atoms. The van der Waals surface area contributed by atoms with Gasteiger partial charge in [0.1, 0.15) is 5.82 Å². The van der Waals surface area contributed by atoms with Crippen LogP contribution in [0.2, 0.25) is 0 Å². The summed E-state index contributed by atoms with van der Waals surface area (Å²) in [4.78, 5) is 27.9. The zero-order chi connectivity index (χ0) is 23.7. The van der Waals surface area contributed by atoms with E-state index in [9.17, 15) is 19.1 Å². The number of ketones is 1. The Kier molecular flexibility index (Phi) is 5.56. The highest BCUT2D eigenvalue weighted by molar-refractivity contribution is 6.10. The number of anilines is 1. The largest absolute Gasteiger partial charge is 0.375 e. The number of para-hydroxylation sites is 1. The Labute approximate surface area is 196 Å². The van der Waals surface area contributed by atoms with Gasteiger partial charge in [-0.15, -0.1) is 0 Å². The van der Waals surface area contributed by atoms with Crippen molar-refractivity contribution in [1.29, 1.82) is 0 Å². The van der Waals surface area contributed by atoms with Gasteiger partial charge in [0.25, 0.3) is 5.91 Å². The molecule has 0 saturated carbocycles. The molecule has 1 atom stereocenters. The van der Waals surface area contributed by atoms with Gasteiger partial charge in [0.05, 0.1) is 18.7 Å². The molecule has 4 aromatic rings. The summed E-state index contributed by atoms with van der Waals surface area (Å²) >= 11 is 0. The lowest BCUT2D eigenvalue weighted by molar-refractivity contribution is -0.136. The molecule has 0 spiro atoms. The summed E-state index contributed by atoms with van der Waals surface area (Å²) in [6, 6.07) is 29.9. The van der Waals surface area contributed by atoms with Crippen molar-refractivity contribution in [3.8, 4) is 11.1 Å². The Hall–Kier alpha value is -4.09. The third-order valence-corrected chi connectivity index (χ3v) is 6.26. The van der Waals surface area contributed by atoms with E-state index in [0.717, 1.165) is 11.1 Å². The fourth-order valence-electron chi connectivity index (χ4n) is 4.44. The van der Waals surface area contributed by atoms with Gasteiger partial charge in [-0.05, 0) is 23.3 Å². The number of hydrogen-bond acceptors (Lipinski definition) is 3. The first-order valence-electron chi connectivity index (χ1n) is 11.0. The zero-order valence-corrected chi connectivity index (χ0v) is 18.3. The molecule has 0 saturated heterocycles. The summed E-state index contributed by atoms with van der Waals surface area (Å²) in [5.41, 5.74) is 1.55. The summed E-state index contributed by atoms with van der Waals surface area (Å²) in [6.07, 6.45) is -0.401. The lowest BCUT2D eigenvalue weighted by atomic mass is 9.88. The molecule has 0 aliphatic carbocycles. The molecular weight excluding hydrogens is 429 g/mol. The molecule has 0 unspecified atom stereocenters. The van der Waals surface area contributed by atoms with Crippen LogP contribution in [0.5, 0.6) is 0 Å². The van der Waals surface area contributed by atoms with Gasteiger partial charge in [-0.3, -0.25) is 9.59 Å². The second-order valence-electron chi connectivity index (χ2n) is 8.40. The Morgan fingerprint density at radius 2 is 1.41 bits per heavy atom. The Morgan fingerprint density at radius 3 is 2.15 bits per heavy atom. The van der Waals surface area contributed by atoms with E-state index in [0.29, 0.717) is 22.4 Å². The normalized spacial score (nSPS) is 17.0. The lowest BCUT2D eigenvalue weighted by Gasteiger charge is -2.23. The van der Waals surface area contributed by atoms with Crippen LogP contribution in [0.25, 0.3) is 11.1 Å². The van der Waals surface area contributed by atoms with E-state index in [1.54, 1.807) is 54.6 Å². The van der Waals surface area contributed by atoms with E-state index in [2.05, 4.69) is 0 Å². The van der Waals surface area contributed by atoms with Crippen LogP contribution in [0.4, 0.5) is 10.1 Å². The summed E-state index contributed by atoms with van der Waals surface area (Å²) in [7, 11) is 0. The molecule has 1 heterocycles. The van der Waals surface area contributed by atoms with Crippen LogP contribution < -0.4 is 4.90 Å². The first-order valence-corrected chi connectivity index (χ1v) is 11.0. The fourth-order valence-corrected chi connectivity index (χ4v) is 4.44. The number of amides is 1. The van der Waals surface area contributed by atoms with Crippen molar-refractivity contribution >= 4 is 17.4 Å². The highest BCUT2D eigenvalue weighted by atomic mass is 19.1. The molecule has 1 N–H and O–H groups in total. The third-order valence-electron chi connectivity index (χ3n) is 6.26. The van der Waals surface area contributed by atoms with E-state index in [4.69, 9.17) is 0 Å². The highest BCUT2D eigenvalue weighted by Crippen LogP contribution is 2.43. The maximum atomic E-state index is 14.3. The number of halogens is 1. The van der Waals surface area contributed by atoms with Crippen molar-refractivity contribution in [2.75, 3.05) is 4.90 Å². The van der Waals surface area contributed by atoms with Crippen molar-refractivity contribution in [3.05, 3.63) is 126 Å². The topological polar surface area (TPSA) is 57.6 Å². The number of Topliss-reactive ketones (excluding diaryl/α,β-unsaturated/α-hetero) is 1. The van der Waals surface area contributed by atoms with Crippen molar-refractivity contribution < 1.29 is 19.1 Å². The highest BCUT2D eigenvalue weighted by Gasteiger charge is 2.50. The molecule has 5 rings (SSSR count). The Bertz CT molecular complexity index is 1370. The van der Waals surface area contributed by atoms with Gasteiger partial charge in [-0.2, -0.15) is 0 Å². The average molecular weight is 451 g/mol. The molecule has 168 valence electrons. The van der Waals surface area contributed by atoms with Gasteiger partial charge in [0.15, 0.2) is 11.4 Å². The minimum Gasteiger partial charge on any atom is -0.375 e. The van der Waals surface area contributed by atoms with E-state index < -0.39 is 23.7 Å². The number of aliphatic hydroxyl groups is 1. The molecule has 0 bridgehead atoms. The van der Waals surface area contributed by atoms with E-state index in [1.165, 1.54) is 11.0 Å². The molecule has 4 nitrogen and oxygen atoms in total. The van der Waals surface area contributed by atoms with Crippen LogP contribution in [0.1, 0.15) is 27.9 Å². The van der Waals surface area contributed by atoms with Crippen LogP contribution >= 0.6 is 0 Å². The molecule has 0 fully saturated rings. The standard InChI is InChI=1S/C29H22FNO3/c30-25-12-6-4-10-23(25)19-31-26-13-7-5-11-24(26)29(34,28(31)33)18-27(32)22-16-14-21(15-17-22)20-8-2-1-3-9-20/h1-17,34H,18-19H2/t29-/m1/s1.